The van der Waals surface area contributed by atoms with E-state index in [2.05, 4.69) is 4.99 Å². The Morgan fingerprint density at radius 2 is 1.90 bits per heavy atom. The van der Waals surface area contributed by atoms with E-state index in [1.807, 2.05) is 36.4 Å². The first-order chi connectivity index (χ1) is 14.0. The van der Waals surface area contributed by atoms with Crippen LogP contribution in [-0.4, -0.2) is 35.6 Å². The first-order valence-electron chi connectivity index (χ1n) is 8.61. The zero-order valence-electron chi connectivity index (χ0n) is 15.6. The second-order valence-electron chi connectivity index (χ2n) is 6.12. The molecular weight excluding hydrogens is 408 g/mol. The fraction of sp³-hybridized carbons (Fsp3) is 0.0952. The Bertz CT molecular complexity index is 1220. The average molecular weight is 425 g/mol. The van der Waals surface area contributed by atoms with Crippen LogP contribution in [0.4, 0.5) is 5.69 Å². The van der Waals surface area contributed by atoms with Crippen molar-refractivity contribution < 1.29 is 19.4 Å². The number of aromatic nitrogens is 1. The van der Waals surface area contributed by atoms with Crippen LogP contribution in [0.2, 0.25) is 0 Å². The van der Waals surface area contributed by atoms with Crippen molar-refractivity contribution in [2.75, 3.05) is 14.2 Å². The Morgan fingerprint density at radius 1 is 1.17 bits per heavy atom. The number of methoxy groups -OCH3 is 2. The van der Waals surface area contributed by atoms with Gasteiger partial charge in [-0.3, -0.25) is 4.57 Å². The molecule has 6 nitrogen and oxygen atoms in total. The van der Waals surface area contributed by atoms with Crippen molar-refractivity contribution >= 4 is 52.6 Å². The quantitative estimate of drug-likeness (QED) is 0.482. The van der Waals surface area contributed by atoms with Crippen molar-refractivity contribution in [2.45, 2.75) is 0 Å². The highest BCUT2D eigenvalue weighted by atomic mass is 32.1. The molecule has 0 atom stereocenters. The van der Waals surface area contributed by atoms with Gasteiger partial charge in [0.2, 0.25) is 5.88 Å². The van der Waals surface area contributed by atoms with Crippen LogP contribution in [0.25, 0.3) is 17.3 Å². The third kappa shape index (κ3) is 3.37. The highest BCUT2D eigenvalue weighted by Gasteiger charge is 2.27. The van der Waals surface area contributed by atoms with Gasteiger partial charge in [0, 0.05) is 11.1 Å². The number of nitrogens with zero attached hydrogens (tertiary/aromatic N) is 2. The number of rotatable bonds is 4. The molecule has 1 aliphatic heterocycles. The lowest BCUT2D eigenvalue weighted by Gasteiger charge is -2.06. The van der Waals surface area contributed by atoms with E-state index >= 15 is 0 Å². The lowest BCUT2D eigenvalue weighted by atomic mass is 10.0. The summed E-state index contributed by atoms with van der Waals surface area (Å²) in [6.07, 6.45) is 1.72. The van der Waals surface area contributed by atoms with E-state index in [4.69, 9.17) is 21.7 Å². The molecule has 3 aromatic rings. The molecule has 0 aliphatic carbocycles. The SMILES string of the molecule is COC(=O)C1=Nc2ccccc2/C1=C/c1sc(=S)n(-c2ccc(OC)cc2)c1O. The van der Waals surface area contributed by atoms with Crippen molar-refractivity contribution in [2.24, 2.45) is 4.99 Å². The van der Waals surface area contributed by atoms with E-state index in [9.17, 15) is 9.90 Å². The molecule has 1 N–H and O–H groups in total. The van der Waals surface area contributed by atoms with E-state index < -0.39 is 5.97 Å². The number of benzene rings is 2. The predicted octanol–water partition coefficient (Wildman–Crippen LogP) is 4.78. The minimum absolute atomic E-state index is 0.00809. The predicted molar refractivity (Wildman–Crippen MR) is 116 cm³/mol. The van der Waals surface area contributed by atoms with E-state index in [1.54, 1.807) is 29.9 Å². The molecule has 8 heteroatoms. The molecule has 146 valence electrons. The molecule has 0 radical (unpaired) electrons. The van der Waals surface area contributed by atoms with Crippen LogP contribution >= 0.6 is 23.6 Å². The minimum Gasteiger partial charge on any atom is -0.497 e. The summed E-state index contributed by atoms with van der Waals surface area (Å²) < 4.78 is 12.1. The Morgan fingerprint density at radius 3 is 2.59 bits per heavy atom. The van der Waals surface area contributed by atoms with Gasteiger partial charge in [0.05, 0.1) is 30.5 Å². The maximum atomic E-state index is 12.2. The van der Waals surface area contributed by atoms with Gasteiger partial charge in [-0.25, -0.2) is 9.79 Å². The zero-order chi connectivity index (χ0) is 20.5. The lowest BCUT2D eigenvalue weighted by Crippen LogP contribution is -2.14. The highest BCUT2D eigenvalue weighted by Crippen LogP contribution is 2.39. The third-order valence-electron chi connectivity index (χ3n) is 4.48. The average Bonchev–Trinajstić information content (AvgIpc) is 3.25. The largest absolute Gasteiger partial charge is 0.497 e. The van der Waals surface area contributed by atoms with Crippen molar-refractivity contribution in [3.05, 3.63) is 62.9 Å². The van der Waals surface area contributed by atoms with Crippen LogP contribution in [-0.2, 0) is 9.53 Å². The number of aromatic hydroxyl groups is 1. The topological polar surface area (TPSA) is 73.0 Å². The van der Waals surface area contributed by atoms with Gasteiger partial charge < -0.3 is 14.6 Å². The number of hydrogen-bond acceptors (Lipinski definition) is 7. The molecule has 0 saturated carbocycles. The van der Waals surface area contributed by atoms with Gasteiger partial charge >= 0.3 is 5.97 Å². The number of hydrogen-bond donors (Lipinski definition) is 1. The fourth-order valence-electron chi connectivity index (χ4n) is 3.07. The van der Waals surface area contributed by atoms with Crippen molar-refractivity contribution in [3.8, 4) is 17.3 Å². The first-order valence-corrected chi connectivity index (χ1v) is 9.83. The van der Waals surface area contributed by atoms with Crippen molar-refractivity contribution in [1.82, 2.24) is 4.57 Å². The summed E-state index contributed by atoms with van der Waals surface area (Å²) in [5.41, 5.74) is 2.96. The summed E-state index contributed by atoms with van der Waals surface area (Å²) in [7, 11) is 2.90. The zero-order valence-corrected chi connectivity index (χ0v) is 17.2. The summed E-state index contributed by atoms with van der Waals surface area (Å²) >= 11 is 6.71. The van der Waals surface area contributed by atoms with E-state index in [1.165, 1.54) is 18.4 Å². The Balaban J connectivity index is 1.83. The molecule has 0 saturated heterocycles. The van der Waals surface area contributed by atoms with Crippen molar-refractivity contribution in [3.63, 3.8) is 0 Å². The highest BCUT2D eigenvalue weighted by molar-refractivity contribution is 7.73. The number of esters is 1. The number of carbonyl (C=O) groups is 1. The third-order valence-corrected chi connectivity index (χ3v) is 5.79. The molecule has 4 rings (SSSR count). The number of ether oxygens (including phenoxy) is 2. The monoisotopic (exact) mass is 424 g/mol. The van der Waals surface area contributed by atoms with Gasteiger partial charge in [-0.05, 0) is 48.6 Å². The normalized spacial score (nSPS) is 13.9. The van der Waals surface area contributed by atoms with Crippen molar-refractivity contribution in [1.29, 1.82) is 0 Å². The van der Waals surface area contributed by atoms with E-state index in [0.29, 0.717) is 31.5 Å². The minimum atomic E-state index is -0.537. The smallest absolute Gasteiger partial charge is 0.357 e. The first kappa shape index (κ1) is 19.1. The summed E-state index contributed by atoms with van der Waals surface area (Å²) in [4.78, 5) is 17.1. The molecule has 0 bridgehead atoms. The Kier molecular flexibility index (Phi) is 5.04. The number of thiazole rings is 1. The second-order valence-corrected chi connectivity index (χ2v) is 7.79. The second kappa shape index (κ2) is 7.65. The fourth-order valence-corrected chi connectivity index (χ4v) is 4.36. The van der Waals surface area contributed by atoms with Gasteiger partial charge in [-0.1, -0.05) is 18.2 Å². The maximum absolute atomic E-state index is 12.2. The van der Waals surface area contributed by atoms with Gasteiger partial charge in [-0.2, -0.15) is 0 Å². The number of para-hydroxylation sites is 1. The van der Waals surface area contributed by atoms with Gasteiger partial charge in [0.1, 0.15) is 5.75 Å². The van der Waals surface area contributed by atoms with E-state index in [0.717, 1.165) is 5.56 Å². The number of aliphatic imine (C=N–C) groups is 1. The van der Waals surface area contributed by atoms with Crippen LogP contribution in [0.15, 0.2) is 53.5 Å². The maximum Gasteiger partial charge on any atom is 0.357 e. The number of carbonyl (C=O) groups excluding carboxylic acids is 1. The summed E-state index contributed by atoms with van der Waals surface area (Å²) in [5, 5.41) is 10.9. The van der Waals surface area contributed by atoms with Crippen LogP contribution in [0, 0.1) is 3.95 Å². The van der Waals surface area contributed by atoms with Crippen LogP contribution in [0.3, 0.4) is 0 Å². The van der Waals surface area contributed by atoms with E-state index in [-0.39, 0.29) is 11.6 Å². The molecule has 0 spiro atoms. The van der Waals surface area contributed by atoms with Crippen LogP contribution in [0.5, 0.6) is 11.6 Å². The van der Waals surface area contributed by atoms with Gasteiger partial charge in [-0.15, -0.1) is 11.3 Å². The van der Waals surface area contributed by atoms with Crippen LogP contribution in [0.1, 0.15) is 10.4 Å². The molecule has 1 aliphatic rings. The molecule has 0 fully saturated rings. The molecular formula is C21H16N2O4S2. The number of fused-ring (bicyclic) bond motifs is 1. The molecule has 29 heavy (non-hydrogen) atoms. The van der Waals surface area contributed by atoms with Gasteiger partial charge in [0.25, 0.3) is 0 Å². The Labute approximate surface area is 176 Å². The Hall–Kier alpha value is -3.23. The molecule has 2 heterocycles. The molecule has 1 aromatic heterocycles. The summed E-state index contributed by atoms with van der Waals surface area (Å²) in [5.74, 6) is 0.162. The molecule has 2 aromatic carbocycles. The lowest BCUT2D eigenvalue weighted by molar-refractivity contribution is -0.132. The standard InChI is InChI=1S/C21H16N2O4S2/c1-26-13-9-7-12(8-10-13)23-19(24)17(29-21(23)28)11-15-14-5-3-4-6-16(14)22-18(15)20(25)27-2/h3-11,24H,1-2H3/b15-11-. The summed E-state index contributed by atoms with van der Waals surface area (Å²) in [6.45, 7) is 0. The summed E-state index contributed by atoms with van der Waals surface area (Å²) in [6, 6.07) is 14.6. The van der Waals surface area contributed by atoms with Crippen LogP contribution < -0.4 is 4.74 Å². The van der Waals surface area contributed by atoms with Gasteiger partial charge in [0.15, 0.2) is 9.67 Å². The molecule has 0 unspecified atom stereocenters. The molecule has 0 amide bonds.